The van der Waals surface area contributed by atoms with Crippen LogP contribution in [-0.4, -0.2) is 49.1 Å². The van der Waals surface area contributed by atoms with Gasteiger partial charge in [-0.2, -0.15) is 11.3 Å². The molecule has 4 heterocycles. The van der Waals surface area contributed by atoms with Crippen LogP contribution in [0.4, 0.5) is 5.69 Å². The number of nitrogens with zero attached hydrogens (tertiary/aromatic N) is 2. The van der Waals surface area contributed by atoms with Crippen molar-refractivity contribution >= 4 is 28.8 Å². The van der Waals surface area contributed by atoms with Crippen molar-refractivity contribution in [2.24, 2.45) is 5.41 Å². The maximum absolute atomic E-state index is 12.5. The number of hydrogen-bond donors (Lipinski definition) is 0. The highest BCUT2D eigenvalue weighted by atomic mass is 32.1. The van der Waals surface area contributed by atoms with E-state index in [0.29, 0.717) is 19.6 Å². The number of hydrogen-bond acceptors (Lipinski definition) is 4. The number of amides is 2. The summed E-state index contributed by atoms with van der Waals surface area (Å²) in [6.07, 6.45) is 3.03. The molecule has 22 heavy (non-hydrogen) atoms. The van der Waals surface area contributed by atoms with Gasteiger partial charge in [0.25, 0.3) is 5.91 Å². The molecule has 1 aromatic rings. The number of likely N-dealkylation sites (tertiary alicyclic amines) is 1. The Kier molecular flexibility index (Phi) is 3.46. The van der Waals surface area contributed by atoms with Crippen molar-refractivity contribution in [3.63, 3.8) is 0 Å². The maximum Gasteiger partial charge on any atom is 0.251 e. The summed E-state index contributed by atoms with van der Waals surface area (Å²) in [6, 6.07) is 1.99. The van der Waals surface area contributed by atoms with Gasteiger partial charge in [-0.3, -0.25) is 9.59 Å². The zero-order valence-electron chi connectivity index (χ0n) is 12.5. The Labute approximate surface area is 133 Å². The standard InChI is InChI=1S/C16H20N2O3S/c19-14-8-16(11-18(14)12-3-7-22-9-12)4-5-17(10-16)15(20)13-2-1-6-21-13/h3,7,9,13H,1-2,4-6,8,10-11H2/t13-,16-/m1/s1. The van der Waals surface area contributed by atoms with E-state index in [4.69, 9.17) is 4.74 Å². The number of carbonyl (C=O) groups excluding carboxylic acids is 2. The topological polar surface area (TPSA) is 49.9 Å². The van der Waals surface area contributed by atoms with Crippen LogP contribution in [0.5, 0.6) is 0 Å². The molecule has 2 atom stereocenters. The van der Waals surface area contributed by atoms with Crippen LogP contribution >= 0.6 is 11.3 Å². The molecule has 0 unspecified atom stereocenters. The van der Waals surface area contributed by atoms with Gasteiger partial charge in [0.1, 0.15) is 6.10 Å². The van der Waals surface area contributed by atoms with E-state index in [1.807, 2.05) is 26.6 Å². The molecule has 0 aromatic carbocycles. The van der Waals surface area contributed by atoms with Crippen LogP contribution in [0.15, 0.2) is 16.8 Å². The molecule has 0 bridgehead atoms. The molecule has 0 radical (unpaired) electrons. The van der Waals surface area contributed by atoms with Gasteiger partial charge in [0.05, 0.1) is 5.69 Å². The third-order valence-corrected chi connectivity index (χ3v) is 5.76. The number of thiophene rings is 1. The summed E-state index contributed by atoms with van der Waals surface area (Å²) in [5.41, 5.74) is 0.934. The van der Waals surface area contributed by atoms with Gasteiger partial charge in [-0.05, 0) is 30.7 Å². The quantitative estimate of drug-likeness (QED) is 0.836. The van der Waals surface area contributed by atoms with E-state index in [-0.39, 0.29) is 23.3 Å². The minimum atomic E-state index is -0.250. The van der Waals surface area contributed by atoms with Crippen molar-refractivity contribution in [3.8, 4) is 0 Å². The summed E-state index contributed by atoms with van der Waals surface area (Å²) in [5.74, 6) is 0.306. The number of anilines is 1. The van der Waals surface area contributed by atoms with Gasteiger partial charge in [0.2, 0.25) is 5.91 Å². The van der Waals surface area contributed by atoms with Crippen LogP contribution in [0.2, 0.25) is 0 Å². The highest BCUT2D eigenvalue weighted by molar-refractivity contribution is 7.08. The molecule has 2 amide bonds. The Bertz CT molecular complexity index is 582. The summed E-state index contributed by atoms with van der Waals surface area (Å²) in [4.78, 5) is 28.7. The van der Waals surface area contributed by atoms with Gasteiger partial charge >= 0.3 is 0 Å². The summed E-state index contributed by atoms with van der Waals surface area (Å²) in [7, 11) is 0. The second-order valence-corrected chi connectivity index (χ2v) is 7.43. The molecular weight excluding hydrogens is 300 g/mol. The zero-order valence-corrected chi connectivity index (χ0v) is 13.3. The van der Waals surface area contributed by atoms with E-state index in [1.165, 1.54) is 0 Å². The number of ether oxygens (including phenoxy) is 1. The Hall–Kier alpha value is -1.40. The third-order valence-electron chi connectivity index (χ3n) is 5.09. The Morgan fingerprint density at radius 3 is 3.05 bits per heavy atom. The molecule has 5 nitrogen and oxygen atoms in total. The van der Waals surface area contributed by atoms with Crippen LogP contribution in [0.3, 0.4) is 0 Å². The van der Waals surface area contributed by atoms with Crippen LogP contribution in [0.25, 0.3) is 0 Å². The van der Waals surface area contributed by atoms with Crippen molar-refractivity contribution in [1.29, 1.82) is 0 Å². The molecular formula is C16H20N2O3S. The van der Waals surface area contributed by atoms with Crippen LogP contribution in [0.1, 0.15) is 25.7 Å². The zero-order chi connectivity index (χ0) is 15.2. The molecule has 1 aromatic heterocycles. The van der Waals surface area contributed by atoms with Gasteiger partial charge in [-0.1, -0.05) is 0 Å². The molecule has 118 valence electrons. The first-order chi connectivity index (χ1) is 10.7. The van der Waals surface area contributed by atoms with Gasteiger partial charge in [0.15, 0.2) is 0 Å². The summed E-state index contributed by atoms with van der Waals surface area (Å²) >= 11 is 1.61. The van der Waals surface area contributed by atoms with Crippen molar-refractivity contribution < 1.29 is 14.3 Å². The Balaban J connectivity index is 1.46. The van der Waals surface area contributed by atoms with Crippen LogP contribution < -0.4 is 4.90 Å². The van der Waals surface area contributed by atoms with E-state index in [0.717, 1.165) is 38.0 Å². The summed E-state index contributed by atoms with van der Waals surface area (Å²) < 4.78 is 5.51. The molecule has 0 aliphatic carbocycles. The summed E-state index contributed by atoms with van der Waals surface area (Å²) in [6.45, 7) is 2.87. The van der Waals surface area contributed by atoms with E-state index < -0.39 is 0 Å². The van der Waals surface area contributed by atoms with Crippen molar-refractivity contribution in [2.45, 2.75) is 31.8 Å². The van der Waals surface area contributed by atoms with Gasteiger partial charge in [-0.25, -0.2) is 0 Å². The fourth-order valence-corrected chi connectivity index (χ4v) is 4.56. The third kappa shape index (κ3) is 2.34. The highest BCUT2D eigenvalue weighted by Gasteiger charge is 2.49. The maximum atomic E-state index is 12.5. The molecule has 0 N–H and O–H groups in total. The lowest BCUT2D eigenvalue weighted by Gasteiger charge is -2.25. The molecule has 4 rings (SSSR count). The largest absolute Gasteiger partial charge is 0.368 e. The van der Waals surface area contributed by atoms with Crippen molar-refractivity contribution in [2.75, 3.05) is 31.1 Å². The second kappa shape index (κ2) is 5.35. The molecule has 1 spiro atoms. The van der Waals surface area contributed by atoms with Crippen LogP contribution in [-0.2, 0) is 14.3 Å². The average molecular weight is 320 g/mol. The van der Waals surface area contributed by atoms with Gasteiger partial charge in [0, 0.05) is 43.5 Å². The minimum absolute atomic E-state index is 0.0622. The normalized spacial score (nSPS) is 31.6. The van der Waals surface area contributed by atoms with E-state index in [9.17, 15) is 9.59 Å². The van der Waals surface area contributed by atoms with E-state index in [2.05, 4.69) is 0 Å². The Morgan fingerprint density at radius 1 is 1.41 bits per heavy atom. The second-order valence-electron chi connectivity index (χ2n) is 6.65. The van der Waals surface area contributed by atoms with Gasteiger partial charge < -0.3 is 14.5 Å². The highest BCUT2D eigenvalue weighted by Crippen LogP contribution is 2.42. The van der Waals surface area contributed by atoms with Crippen molar-refractivity contribution in [3.05, 3.63) is 16.8 Å². The van der Waals surface area contributed by atoms with Crippen molar-refractivity contribution in [1.82, 2.24) is 4.90 Å². The molecule has 3 saturated heterocycles. The lowest BCUT2D eigenvalue weighted by molar-refractivity contribution is -0.140. The fraction of sp³-hybridized carbons (Fsp3) is 0.625. The van der Waals surface area contributed by atoms with Crippen LogP contribution in [0, 0.1) is 5.41 Å². The van der Waals surface area contributed by atoms with Gasteiger partial charge in [-0.15, -0.1) is 0 Å². The summed E-state index contributed by atoms with van der Waals surface area (Å²) in [5, 5.41) is 4.01. The Morgan fingerprint density at radius 2 is 2.32 bits per heavy atom. The molecule has 6 heteroatoms. The molecule has 3 aliphatic heterocycles. The first kappa shape index (κ1) is 14.2. The SMILES string of the molecule is O=C([C@H]1CCCO1)N1CC[C@@]2(CC(=O)N(c3ccsc3)C2)C1. The molecule has 0 saturated carbocycles. The number of carbonyl (C=O) groups is 2. The minimum Gasteiger partial charge on any atom is -0.368 e. The fourth-order valence-electron chi connectivity index (χ4n) is 3.91. The predicted octanol–water partition coefficient (Wildman–Crippen LogP) is 1.88. The predicted molar refractivity (Wildman–Crippen MR) is 83.9 cm³/mol. The smallest absolute Gasteiger partial charge is 0.251 e. The lowest BCUT2D eigenvalue weighted by atomic mass is 9.86. The first-order valence-electron chi connectivity index (χ1n) is 7.90. The van der Waals surface area contributed by atoms with E-state index in [1.54, 1.807) is 11.3 Å². The average Bonchev–Trinajstić information content (AvgIpc) is 3.26. The lowest BCUT2D eigenvalue weighted by Crippen LogP contribution is -2.39. The monoisotopic (exact) mass is 320 g/mol. The first-order valence-corrected chi connectivity index (χ1v) is 8.84. The molecule has 3 aliphatic rings. The van der Waals surface area contributed by atoms with E-state index >= 15 is 0 Å². The number of rotatable bonds is 2. The molecule has 3 fully saturated rings.